The fourth-order valence-corrected chi connectivity index (χ4v) is 2.58. The smallest absolute Gasteiger partial charge is 0.000177 e. The fourth-order valence-electron chi connectivity index (χ4n) is 2.58. The molecule has 0 nitrogen and oxygen atoms in total. The highest BCUT2D eigenvalue weighted by molar-refractivity contribution is 5.67. The summed E-state index contributed by atoms with van der Waals surface area (Å²) in [5.74, 6) is 1.95. The minimum absolute atomic E-state index is 0.589. The van der Waals surface area contributed by atoms with Crippen molar-refractivity contribution in [2.75, 3.05) is 0 Å². The number of benzene rings is 1. The van der Waals surface area contributed by atoms with Crippen LogP contribution < -0.4 is 0 Å². The highest BCUT2D eigenvalue weighted by Crippen LogP contribution is 2.39. The van der Waals surface area contributed by atoms with Gasteiger partial charge in [0, 0.05) is 5.92 Å². The van der Waals surface area contributed by atoms with E-state index >= 15 is 0 Å². The Kier molecular flexibility index (Phi) is 2.92. The molecule has 0 fully saturated rings. The topological polar surface area (TPSA) is 0 Å². The molecule has 0 bridgehead atoms. The molecule has 1 aromatic rings. The number of hydrogen-bond acceptors (Lipinski definition) is 0. The first-order chi connectivity index (χ1) is 7.52. The maximum Gasteiger partial charge on any atom is 0.000177 e. The summed E-state index contributed by atoms with van der Waals surface area (Å²) in [6.45, 7) is 11.5. The first-order valence-electron chi connectivity index (χ1n) is 6.34. The van der Waals surface area contributed by atoms with Gasteiger partial charge in [0.15, 0.2) is 0 Å². The molecule has 1 aliphatic carbocycles. The molecule has 0 saturated carbocycles. The van der Waals surface area contributed by atoms with E-state index in [1.807, 2.05) is 0 Å². The van der Waals surface area contributed by atoms with E-state index in [-0.39, 0.29) is 0 Å². The zero-order valence-corrected chi connectivity index (χ0v) is 11.0. The monoisotopic (exact) mass is 214 g/mol. The van der Waals surface area contributed by atoms with Crippen LogP contribution in [0.5, 0.6) is 0 Å². The van der Waals surface area contributed by atoms with Crippen molar-refractivity contribution >= 4 is 6.08 Å². The maximum atomic E-state index is 2.35. The second-order valence-electron chi connectivity index (χ2n) is 5.48. The fraction of sp³-hybridized carbons (Fsp3) is 0.500. The van der Waals surface area contributed by atoms with E-state index in [9.17, 15) is 0 Å². The molecule has 0 spiro atoms. The van der Waals surface area contributed by atoms with E-state index in [1.165, 1.54) is 11.1 Å². The van der Waals surface area contributed by atoms with Crippen LogP contribution >= 0.6 is 0 Å². The SMILES string of the molecule is Cc1ccc(C(C)C(C)C)c2c1C=CC2C. The summed E-state index contributed by atoms with van der Waals surface area (Å²) in [6, 6.07) is 4.61. The van der Waals surface area contributed by atoms with Gasteiger partial charge in [0.2, 0.25) is 0 Å². The summed E-state index contributed by atoms with van der Waals surface area (Å²) >= 11 is 0. The van der Waals surface area contributed by atoms with Gasteiger partial charge in [-0.3, -0.25) is 0 Å². The third-order valence-corrected chi connectivity index (χ3v) is 4.04. The van der Waals surface area contributed by atoms with Gasteiger partial charge in [0.25, 0.3) is 0 Å². The highest BCUT2D eigenvalue weighted by atomic mass is 14.3. The van der Waals surface area contributed by atoms with Crippen molar-refractivity contribution in [3.05, 3.63) is 40.5 Å². The first kappa shape index (κ1) is 11.4. The quantitative estimate of drug-likeness (QED) is 0.658. The Balaban J connectivity index is 2.54. The summed E-state index contributed by atoms with van der Waals surface area (Å²) in [7, 11) is 0. The lowest BCUT2D eigenvalue weighted by atomic mass is 9.82. The van der Waals surface area contributed by atoms with Crippen LogP contribution in [0.15, 0.2) is 18.2 Å². The normalized spacial score (nSPS) is 20.2. The van der Waals surface area contributed by atoms with E-state index < -0.39 is 0 Å². The van der Waals surface area contributed by atoms with Crippen LogP contribution in [-0.2, 0) is 0 Å². The van der Waals surface area contributed by atoms with Gasteiger partial charge in [-0.1, -0.05) is 52.0 Å². The number of fused-ring (bicyclic) bond motifs is 1. The average molecular weight is 214 g/mol. The molecule has 1 aliphatic rings. The van der Waals surface area contributed by atoms with Gasteiger partial charge >= 0.3 is 0 Å². The molecule has 0 heterocycles. The summed E-state index contributed by atoms with van der Waals surface area (Å²) < 4.78 is 0. The van der Waals surface area contributed by atoms with Crippen molar-refractivity contribution in [1.82, 2.24) is 0 Å². The molecule has 0 aromatic heterocycles. The average Bonchev–Trinajstić information content (AvgIpc) is 2.62. The standard InChI is InChI=1S/C16H22/c1-10(2)13(5)15-9-6-11(3)14-8-7-12(4)16(14)15/h6-10,12-13H,1-5H3. The Morgan fingerprint density at radius 3 is 2.44 bits per heavy atom. The number of allylic oxidation sites excluding steroid dienone is 1. The van der Waals surface area contributed by atoms with Crippen molar-refractivity contribution < 1.29 is 0 Å². The number of aryl methyl sites for hydroxylation is 1. The number of rotatable bonds is 2. The lowest BCUT2D eigenvalue weighted by Gasteiger charge is -2.22. The summed E-state index contributed by atoms with van der Waals surface area (Å²) in [6.07, 6.45) is 4.63. The minimum atomic E-state index is 0.589. The van der Waals surface area contributed by atoms with Crippen LogP contribution in [0.3, 0.4) is 0 Å². The Morgan fingerprint density at radius 1 is 1.12 bits per heavy atom. The van der Waals surface area contributed by atoms with Gasteiger partial charge in [0.1, 0.15) is 0 Å². The lowest BCUT2D eigenvalue weighted by Crippen LogP contribution is -2.07. The third kappa shape index (κ3) is 1.71. The van der Waals surface area contributed by atoms with Gasteiger partial charge in [-0.15, -0.1) is 0 Å². The Hall–Kier alpha value is -1.04. The molecule has 2 atom stereocenters. The van der Waals surface area contributed by atoms with Gasteiger partial charge in [0.05, 0.1) is 0 Å². The number of hydrogen-bond donors (Lipinski definition) is 0. The van der Waals surface area contributed by atoms with E-state index in [0.717, 1.165) is 0 Å². The van der Waals surface area contributed by atoms with Crippen molar-refractivity contribution in [2.45, 2.75) is 46.5 Å². The molecular formula is C16H22. The molecule has 0 radical (unpaired) electrons. The maximum absolute atomic E-state index is 2.35. The molecule has 0 aliphatic heterocycles. The van der Waals surface area contributed by atoms with Crippen LogP contribution in [0.4, 0.5) is 0 Å². The Morgan fingerprint density at radius 2 is 1.81 bits per heavy atom. The largest absolute Gasteiger partial charge is 0.0766 e. The van der Waals surface area contributed by atoms with Crippen LogP contribution in [0.1, 0.15) is 61.8 Å². The van der Waals surface area contributed by atoms with Crippen LogP contribution in [0.2, 0.25) is 0 Å². The van der Waals surface area contributed by atoms with E-state index in [2.05, 4.69) is 58.9 Å². The highest BCUT2D eigenvalue weighted by Gasteiger charge is 2.22. The molecule has 0 N–H and O–H groups in total. The molecule has 0 saturated heterocycles. The van der Waals surface area contributed by atoms with Crippen molar-refractivity contribution in [1.29, 1.82) is 0 Å². The van der Waals surface area contributed by atoms with Crippen LogP contribution in [-0.4, -0.2) is 0 Å². The first-order valence-corrected chi connectivity index (χ1v) is 6.34. The van der Waals surface area contributed by atoms with Crippen LogP contribution in [0, 0.1) is 12.8 Å². The third-order valence-electron chi connectivity index (χ3n) is 4.04. The van der Waals surface area contributed by atoms with Gasteiger partial charge in [-0.2, -0.15) is 0 Å². The summed E-state index contributed by atoms with van der Waals surface area (Å²) in [4.78, 5) is 0. The summed E-state index contributed by atoms with van der Waals surface area (Å²) in [5, 5.41) is 0. The lowest BCUT2D eigenvalue weighted by molar-refractivity contribution is 0.530. The van der Waals surface area contributed by atoms with E-state index in [1.54, 1.807) is 11.1 Å². The predicted octanol–water partition coefficient (Wildman–Crippen LogP) is 4.88. The second-order valence-corrected chi connectivity index (χ2v) is 5.48. The molecule has 2 unspecified atom stereocenters. The molecule has 1 aromatic carbocycles. The Labute approximate surface area is 99.4 Å². The summed E-state index contributed by atoms with van der Waals surface area (Å²) in [5.41, 5.74) is 6.00. The zero-order valence-electron chi connectivity index (χ0n) is 11.0. The molecular weight excluding hydrogens is 192 g/mol. The minimum Gasteiger partial charge on any atom is -0.0766 e. The second kappa shape index (κ2) is 4.08. The van der Waals surface area contributed by atoms with E-state index in [0.29, 0.717) is 17.8 Å². The molecule has 0 amide bonds. The van der Waals surface area contributed by atoms with Gasteiger partial charge < -0.3 is 0 Å². The molecule has 16 heavy (non-hydrogen) atoms. The zero-order chi connectivity index (χ0) is 11.9. The van der Waals surface area contributed by atoms with Crippen molar-refractivity contribution in [3.8, 4) is 0 Å². The predicted molar refractivity (Wildman–Crippen MR) is 71.9 cm³/mol. The van der Waals surface area contributed by atoms with Gasteiger partial charge in [-0.25, -0.2) is 0 Å². The van der Waals surface area contributed by atoms with Crippen LogP contribution in [0.25, 0.3) is 6.08 Å². The molecule has 2 rings (SSSR count). The van der Waals surface area contributed by atoms with Crippen molar-refractivity contribution in [3.63, 3.8) is 0 Å². The molecule has 0 heteroatoms. The molecule has 86 valence electrons. The van der Waals surface area contributed by atoms with E-state index in [4.69, 9.17) is 0 Å². The van der Waals surface area contributed by atoms with Gasteiger partial charge in [-0.05, 0) is 41.0 Å². The Bertz CT molecular complexity index is 424. The van der Waals surface area contributed by atoms with Crippen molar-refractivity contribution in [2.24, 2.45) is 5.92 Å².